The minimum Gasteiger partial charge on any atom is -0.458 e. The lowest BCUT2D eigenvalue weighted by Gasteiger charge is -2.39. The van der Waals surface area contributed by atoms with E-state index >= 15 is 0 Å². The standard InChI is InChI=1S/C26H33FO5/c1-6-25(3,4)24(29)31-22-16-12-17-20(23(28)30-21(17)22)19(16)13(2)32-26(5)10-9-14-11-15(27)7-8-18(14)26/h7-8,11,13,16-17,19-22H,6,9-10,12H2,1-5H3. The summed E-state index contributed by atoms with van der Waals surface area (Å²) in [5.41, 5.74) is 0.912. The van der Waals surface area contributed by atoms with Crippen molar-refractivity contribution in [1.82, 2.24) is 0 Å². The summed E-state index contributed by atoms with van der Waals surface area (Å²) in [7, 11) is 0. The Balaban J connectivity index is 1.38. The number of carbonyl (C=O) groups excluding carboxylic acids is 2. The molecule has 3 aliphatic carbocycles. The maximum Gasteiger partial charge on any atom is 0.311 e. The zero-order valence-corrected chi connectivity index (χ0v) is 19.5. The Labute approximate surface area is 189 Å². The van der Waals surface area contributed by atoms with Crippen LogP contribution < -0.4 is 0 Å². The second-order valence-corrected chi connectivity index (χ2v) is 11.0. The molecule has 1 aromatic rings. The van der Waals surface area contributed by atoms with Gasteiger partial charge in [0.05, 0.1) is 23.0 Å². The molecule has 1 aliphatic heterocycles. The number of rotatable bonds is 6. The molecule has 174 valence electrons. The van der Waals surface area contributed by atoms with Crippen molar-refractivity contribution < 1.29 is 28.2 Å². The first-order valence-electron chi connectivity index (χ1n) is 11.9. The molecule has 3 fully saturated rings. The third-order valence-electron chi connectivity index (χ3n) is 8.78. The Bertz CT molecular complexity index is 958. The van der Waals surface area contributed by atoms with Crippen LogP contribution in [0.25, 0.3) is 0 Å². The molecule has 1 saturated heterocycles. The fourth-order valence-electron chi connectivity index (χ4n) is 6.67. The van der Waals surface area contributed by atoms with E-state index in [9.17, 15) is 14.0 Å². The first-order chi connectivity index (χ1) is 15.1. The van der Waals surface area contributed by atoms with Crippen LogP contribution in [0.2, 0.25) is 0 Å². The van der Waals surface area contributed by atoms with Crippen molar-refractivity contribution in [1.29, 1.82) is 0 Å². The summed E-state index contributed by atoms with van der Waals surface area (Å²) in [5.74, 6) is -0.775. The number of ether oxygens (including phenoxy) is 3. The smallest absolute Gasteiger partial charge is 0.311 e. The van der Waals surface area contributed by atoms with E-state index in [1.54, 1.807) is 6.07 Å². The number of hydrogen-bond donors (Lipinski definition) is 0. The summed E-state index contributed by atoms with van der Waals surface area (Å²) in [6.07, 6.45) is 2.09. The third kappa shape index (κ3) is 3.12. The molecular weight excluding hydrogens is 411 g/mol. The summed E-state index contributed by atoms with van der Waals surface area (Å²) in [5, 5.41) is 0. The van der Waals surface area contributed by atoms with Crippen LogP contribution in [0.5, 0.6) is 0 Å². The van der Waals surface area contributed by atoms with E-state index in [4.69, 9.17) is 14.2 Å². The van der Waals surface area contributed by atoms with Gasteiger partial charge in [-0.25, -0.2) is 4.39 Å². The highest BCUT2D eigenvalue weighted by Gasteiger charge is 2.69. The molecule has 0 amide bonds. The number of benzene rings is 1. The molecule has 1 heterocycles. The van der Waals surface area contributed by atoms with Crippen molar-refractivity contribution in [3.05, 3.63) is 35.1 Å². The molecule has 0 aromatic heterocycles. The molecule has 4 aliphatic rings. The van der Waals surface area contributed by atoms with Crippen molar-refractivity contribution >= 4 is 11.9 Å². The second-order valence-electron chi connectivity index (χ2n) is 11.0. The topological polar surface area (TPSA) is 61.8 Å². The molecule has 1 aromatic carbocycles. The Morgan fingerprint density at radius 1 is 1.34 bits per heavy atom. The van der Waals surface area contributed by atoms with Gasteiger partial charge in [-0.1, -0.05) is 13.0 Å². The molecule has 8 unspecified atom stereocenters. The van der Waals surface area contributed by atoms with Gasteiger partial charge in [0.2, 0.25) is 0 Å². The molecule has 6 heteroatoms. The van der Waals surface area contributed by atoms with Gasteiger partial charge in [0.25, 0.3) is 0 Å². The van der Waals surface area contributed by atoms with E-state index < -0.39 is 17.1 Å². The summed E-state index contributed by atoms with van der Waals surface area (Å²) < 4.78 is 32.1. The van der Waals surface area contributed by atoms with Crippen molar-refractivity contribution in [3.8, 4) is 0 Å². The lowest BCUT2D eigenvalue weighted by molar-refractivity contribution is -0.174. The monoisotopic (exact) mass is 444 g/mol. The van der Waals surface area contributed by atoms with Gasteiger partial charge in [-0.2, -0.15) is 0 Å². The molecule has 5 rings (SSSR count). The van der Waals surface area contributed by atoms with Gasteiger partial charge in [-0.05, 0) is 76.6 Å². The number of carbonyl (C=O) groups is 2. The van der Waals surface area contributed by atoms with E-state index in [0.717, 1.165) is 30.4 Å². The van der Waals surface area contributed by atoms with Crippen LogP contribution in [0.4, 0.5) is 4.39 Å². The van der Waals surface area contributed by atoms with Gasteiger partial charge in [-0.15, -0.1) is 0 Å². The largest absolute Gasteiger partial charge is 0.458 e. The minimum atomic E-state index is -0.572. The van der Waals surface area contributed by atoms with E-state index in [-0.39, 0.29) is 53.6 Å². The number of fused-ring (bicyclic) bond motifs is 2. The minimum absolute atomic E-state index is 0.0470. The van der Waals surface area contributed by atoms with E-state index in [2.05, 4.69) is 6.92 Å². The van der Waals surface area contributed by atoms with Crippen LogP contribution >= 0.6 is 0 Å². The van der Waals surface area contributed by atoms with Gasteiger partial charge in [0.1, 0.15) is 18.0 Å². The molecule has 2 bridgehead atoms. The quantitative estimate of drug-likeness (QED) is 0.603. The lowest BCUT2D eigenvalue weighted by atomic mass is 9.75. The predicted molar refractivity (Wildman–Crippen MR) is 115 cm³/mol. The fourth-order valence-corrected chi connectivity index (χ4v) is 6.67. The first kappa shape index (κ1) is 21.9. The van der Waals surface area contributed by atoms with Crippen LogP contribution in [-0.2, 0) is 35.8 Å². The lowest BCUT2D eigenvalue weighted by Crippen LogP contribution is -2.47. The molecule has 32 heavy (non-hydrogen) atoms. The Kier molecular flexibility index (Phi) is 4.97. The summed E-state index contributed by atoms with van der Waals surface area (Å²) in [6.45, 7) is 9.82. The maximum atomic E-state index is 13.7. The van der Waals surface area contributed by atoms with Crippen molar-refractivity contribution in [3.63, 3.8) is 0 Å². The van der Waals surface area contributed by atoms with Gasteiger partial charge in [0.15, 0.2) is 0 Å². The van der Waals surface area contributed by atoms with Crippen LogP contribution in [0.1, 0.15) is 65.0 Å². The van der Waals surface area contributed by atoms with Gasteiger partial charge < -0.3 is 14.2 Å². The Morgan fingerprint density at radius 2 is 2.09 bits per heavy atom. The predicted octanol–water partition coefficient (Wildman–Crippen LogP) is 4.55. The molecule has 2 saturated carbocycles. The number of esters is 2. The van der Waals surface area contributed by atoms with Crippen molar-refractivity contribution in [2.24, 2.45) is 29.1 Å². The Morgan fingerprint density at radius 3 is 2.81 bits per heavy atom. The van der Waals surface area contributed by atoms with Gasteiger partial charge >= 0.3 is 11.9 Å². The molecular formula is C26H33FO5. The molecule has 0 spiro atoms. The zero-order valence-electron chi connectivity index (χ0n) is 19.5. The maximum absolute atomic E-state index is 13.7. The third-order valence-corrected chi connectivity index (χ3v) is 8.78. The molecule has 0 N–H and O–H groups in total. The average Bonchev–Trinajstić information content (AvgIpc) is 3.43. The van der Waals surface area contributed by atoms with Crippen LogP contribution in [0.15, 0.2) is 18.2 Å². The highest BCUT2D eigenvalue weighted by molar-refractivity contribution is 5.79. The average molecular weight is 445 g/mol. The highest BCUT2D eigenvalue weighted by Crippen LogP contribution is 2.60. The van der Waals surface area contributed by atoms with Crippen LogP contribution in [0, 0.1) is 34.9 Å². The van der Waals surface area contributed by atoms with Crippen LogP contribution in [0.3, 0.4) is 0 Å². The van der Waals surface area contributed by atoms with E-state index in [1.165, 1.54) is 6.07 Å². The van der Waals surface area contributed by atoms with Gasteiger partial charge in [0, 0.05) is 17.8 Å². The van der Waals surface area contributed by atoms with Crippen LogP contribution in [-0.4, -0.2) is 30.3 Å². The zero-order chi connectivity index (χ0) is 23.0. The fraction of sp³-hybridized carbons (Fsp3) is 0.692. The van der Waals surface area contributed by atoms with Crippen molar-refractivity contribution in [2.45, 2.75) is 84.2 Å². The summed E-state index contributed by atoms with van der Waals surface area (Å²) in [6, 6.07) is 4.90. The normalized spacial score (nSPS) is 38.0. The number of halogens is 1. The SMILES string of the molecule is CCC(C)(C)C(=O)OC1C2CC3C1OC(=O)C3C2C(C)OC1(C)CCc2cc(F)ccc21. The summed E-state index contributed by atoms with van der Waals surface area (Å²) >= 11 is 0. The first-order valence-corrected chi connectivity index (χ1v) is 11.9. The number of aryl methyl sites for hydroxylation is 1. The summed E-state index contributed by atoms with van der Waals surface area (Å²) in [4.78, 5) is 25.6. The second kappa shape index (κ2) is 7.28. The number of hydrogen-bond acceptors (Lipinski definition) is 5. The van der Waals surface area contributed by atoms with E-state index in [0.29, 0.717) is 6.42 Å². The molecule has 5 nitrogen and oxygen atoms in total. The molecule has 8 atom stereocenters. The highest BCUT2D eigenvalue weighted by atomic mass is 19.1. The molecule has 0 radical (unpaired) electrons. The Hall–Kier alpha value is -1.95. The van der Waals surface area contributed by atoms with Crippen molar-refractivity contribution in [2.75, 3.05) is 0 Å². The van der Waals surface area contributed by atoms with E-state index in [1.807, 2.05) is 33.8 Å². The van der Waals surface area contributed by atoms with Gasteiger partial charge in [-0.3, -0.25) is 9.59 Å².